The van der Waals surface area contributed by atoms with Crippen LogP contribution in [-0.2, 0) is 0 Å². The zero-order valence-corrected chi connectivity index (χ0v) is 10.2. The predicted octanol–water partition coefficient (Wildman–Crippen LogP) is 2.01. The Morgan fingerprint density at radius 3 is 2.76 bits per heavy atom. The Morgan fingerprint density at radius 2 is 2.18 bits per heavy atom. The predicted molar refractivity (Wildman–Crippen MR) is 62.9 cm³/mol. The largest absolute Gasteiger partial charge is 0.395 e. The van der Waals surface area contributed by atoms with Crippen molar-refractivity contribution in [2.24, 2.45) is 0 Å². The molecule has 17 heavy (non-hydrogen) atoms. The van der Waals surface area contributed by atoms with Crippen LogP contribution < -0.4 is 0 Å². The summed E-state index contributed by atoms with van der Waals surface area (Å²) in [6, 6.07) is 4.25. The van der Waals surface area contributed by atoms with Crippen LogP contribution >= 0.6 is 23.2 Å². The van der Waals surface area contributed by atoms with Gasteiger partial charge in [0.05, 0.1) is 12.7 Å². The molecule has 4 nitrogen and oxygen atoms in total. The summed E-state index contributed by atoms with van der Waals surface area (Å²) in [6.45, 7) is -0.108. The molecule has 6 heteroatoms. The van der Waals surface area contributed by atoms with Crippen molar-refractivity contribution in [1.82, 2.24) is 4.90 Å². The molecule has 0 fully saturated rings. The van der Waals surface area contributed by atoms with Gasteiger partial charge in [-0.1, -0.05) is 23.2 Å². The van der Waals surface area contributed by atoms with E-state index in [-0.39, 0.29) is 19.1 Å². The molecule has 0 aliphatic carbocycles. The summed E-state index contributed by atoms with van der Waals surface area (Å²) in [5.41, 5.74) is 0.805. The lowest BCUT2D eigenvalue weighted by molar-refractivity contribution is 0.0721. The summed E-state index contributed by atoms with van der Waals surface area (Å²) in [6.07, 6.45) is 0. The van der Waals surface area contributed by atoms with Gasteiger partial charge in [0, 0.05) is 27.7 Å². The van der Waals surface area contributed by atoms with Gasteiger partial charge in [0.25, 0.3) is 5.91 Å². The molecule has 1 aromatic carbocycles. The number of nitrogens with zero attached hydrogens (tertiary/aromatic N) is 2. The molecule has 0 aromatic heterocycles. The minimum absolute atomic E-state index is 0.0969. The number of amides is 1. The van der Waals surface area contributed by atoms with E-state index in [1.54, 1.807) is 0 Å². The Morgan fingerprint density at radius 1 is 1.47 bits per heavy atom. The van der Waals surface area contributed by atoms with Crippen molar-refractivity contribution in [2.75, 3.05) is 13.2 Å². The summed E-state index contributed by atoms with van der Waals surface area (Å²) >= 11 is 11.8. The van der Waals surface area contributed by atoms with Gasteiger partial charge in [0.2, 0.25) is 0 Å². The fourth-order valence-corrected chi connectivity index (χ4v) is 2.54. The Balaban J connectivity index is 2.58. The molecule has 1 atom stereocenters. The van der Waals surface area contributed by atoms with Crippen LogP contribution in [0.15, 0.2) is 12.1 Å². The number of nitriles is 1. The second-order valence-electron chi connectivity index (χ2n) is 3.60. The lowest BCUT2D eigenvalue weighted by Crippen LogP contribution is -2.30. The van der Waals surface area contributed by atoms with E-state index in [0.717, 1.165) is 0 Å². The highest BCUT2D eigenvalue weighted by molar-refractivity contribution is 6.36. The van der Waals surface area contributed by atoms with E-state index in [1.807, 2.05) is 6.07 Å². The molecule has 1 unspecified atom stereocenters. The van der Waals surface area contributed by atoms with E-state index in [0.29, 0.717) is 21.2 Å². The van der Waals surface area contributed by atoms with Crippen molar-refractivity contribution < 1.29 is 9.90 Å². The normalized spacial score (nSPS) is 18.1. The molecule has 88 valence electrons. The third-order valence-corrected chi connectivity index (χ3v) is 3.16. The number of carbonyl (C=O) groups excluding carboxylic acids is 1. The fraction of sp³-hybridized carbons (Fsp3) is 0.273. The van der Waals surface area contributed by atoms with Crippen LogP contribution in [0.2, 0.25) is 10.0 Å². The average Bonchev–Trinajstić information content (AvgIpc) is 2.54. The molecule has 0 radical (unpaired) electrons. The lowest BCUT2D eigenvalue weighted by atomic mass is 10.1. The molecule has 1 aliphatic rings. The van der Waals surface area contributed by atoms with Crippen molar-refractivity contribution in [1.29, 1.82) is 5.26 Å². The van der Waals surface area contributed by atoms with E-state index in [1.165, 1.54) is 17.0 Å². The highest BCUT2D eigenvalue weighted by atomic mass is 35.5. The first-order chi connectivity index (χ1) is 8.10. The molecular weight excluding hydrogens is 263 g/mol. The maximum Gasteiger partial charge on any atom is 0.255 e. The topological polar surface area (TPSA) is 64.3 Å². The highest BCUT2D eigenvalue weighted by Gasteiger charge is 2.38. The van der Waals surface area contributed by atoms with Crippen molar-refractivity contribution in [3.63, 3.8) is 0 Å². The second kappa shape index (κ2) is 4.53. The van der Waals surface area contributed by atoms with Gasteiger partial charge < -0.3 is 10.0 Å². The van der Waals surface area contributed by atoms with Gasteiger partial charge in [-0.05, 0) is 12.1 Å². The summed E-state index contributed by atoms with van der Waals surface area (Å²) in [7, 11) is 0. The molecule has 2 rings (SSSR count). The van der Waals surface area contributed by atoms with Crippen LogP contribution in [0.25, 0.3) is 0 Å². The molecule has 0 bridgehead atoms. The van der Waals surface area contributed by atoms with Crippen LogP contribution in [0.3, 0.4) is 0 Å². The fourth-order valence-electron chi connectivity index (χ4n) is 1.94. The standard InChI is InChI=1S/C11H8Cl2N2O2/c12-6-3-7-10(8(13)4-6)9(5-14)15(1-2-16)11(7)17/h3-4,9,16H,1-2H2. The van der Waals surface area contributed by atoms with Crippen molar-refractivity contribution >= 4 is 29.1 Å². The summed E-state index contributed by atoms with van der Waals surface area (Å²) in [5.74, 6) is -0.329. The minimum atomic E-state index is -0.755. The molecule has 1 aliphatic heterocycles. The quantitative estimate of drug-likeness (QED) is 0.894. The summed E-state index contributed by atoms with van der Waals surface area (Å²) in [5, 5.41) is 18.7. The Kier molecular flexibility index (Phi) is 3.25. The van der Waals surface area contributed by atoms with Gasteiger partial charge in [0.15, 0.2) is 0 Å². The second-order valence-corrected chi connectivity index (χ2v) is 4.45. The van der Waals surface area contributed by atoms with Crippen LogP contribution in [0.1, 0.15) is 22.0 Å². The number of hydrogen-bond donors (Lipinski definition) is 1. The molecule has 1 amide bonds. The molecule has 1 aromatic rings. The Hall–Kier alpha value is -1.28. The first kappa shape index (κ1) is 12.2. The van der Waals surface area contributed by atoms with E-state index in [2.05, 4.69) is 0 Å². The van der Waals surface area contributed by atoms with Gasteiger partial charge in [-0.15, -0.1) is 0 Å². The molecule has 1 N–H and O–H groups in total. The van der Waals surface area contributed by atoms with E-state index >= 15 is 0 Å². The number of rotatable bonds is 2. The zero-order valence-electron chi connectivity index (χ0n) is 8.65. The van der Waals surface area contributed by atoms with Crippen molar-refractivity contribution in [2.45, 2.75) is 6.04 Å². The van der Waals surface area contributed by atoms with Crippen molar-refractivity contribution in [3.05, 3.63) is 33.3 Å². The number of β-amino-alcohol motifs (C(OH)–C–C–N with tert-alkyl or cyclic N) is 1. The number of fused-ring (bicyclic) bond motifs is 1. The maximum atomic E-state index is 12.0. The Bertz CT molecular complexity index is 525. The molecule has 0 spiro atoms. The van der Waals surface area contributed by atoms with Gasteiger partial charge in [-0.3, -0.25) is 4.79 Å². The number of halogens is 2. The van der Waals surface area contributed by atoms with Crippen molar-refractivity contribution in [3.8, 4) is 6.07 Å². The van der Waals surface area contributed by atoms with E-state index < -0.39 is 6.04 Å². The van der Waals surface area contributed by atoms with Crippen LogP contribution in [-0.4, -0.2) is 29.1 Å². The third kappa shape index (κ3) is 1.87. The van der Waals surface area contributed by atoms with Gasteiger partial charge in [0.1, 0.15) is 6.04 Å². The van der Waals surface area contributed by atoms with Crippen LogP contribution in [0.5, 0.6) is 0 Å². The highest BCUT2D eigenvalue weighted by Crippen LogP contribution is 2.39. The minimum Gasteiger partial charge on any atom is -0.395 e. The lowest BCUT2D eigenvalue weighted by Gasteiger charge is -2.18. The van der Waals surface area contributed by atoms with Gasteiger partial charge in [-0.25, -0.2) is 0 Å². The van der Waals surface area contributed by atoms with Crippen LogP contribution in [0.4, 0.5) is 0 Å². The Labute approximate surface area is 108 Å². The zero-order chi connectivity index (χ0) is 12.6. The van der Waals surface area contributed by atoms with E-state index in [9.17, 15) is 4.79 Å². The maximum absolute atomic E-state index is 12.0. The number of hydrogen-bond acceptors (Lipinski definition) is 3. The first-order valence-electron chi connectivity index (χ1n) is 4.90. The number of aliphatic hydroxyl groups excluding tert-OH is 1. The van der Waals surface area contributed by atoms with Gasteiger partial charge >= 0.3 is 0 Å². The first-order valence-corrected chi connectivity index (χ1v) is 5.66. The molecule has 0 saturated carbocycles. The summed E-state index contributed by atoms with van der Waals surface area (Å²) in [4.78, 5) is 13.3. The molecular formula is C11H8Cl2N2O2. The van der Waals surface area contributed by atoms with Gasteiger partial charge in [-0.2, -0.15) is 5.26 Å². The smallest absolute Gasteiger partial charge is 0.255 e. The number of carbonyl (C=O) groups is 1. The summed E-state index contributed by atoms with van der Waals surface area (Å²) < 4.78 is 0. The average molecular weight is 271 g/mol. The SMILES string of the molecule is N#CC1c2c(Cl)cc(Cl)cc2C(=O)N1CCO. The van der Waals surface area contributed by atoms with E-state index in [4.69, 9.17) is 33.6 Å². The molecule has 1 heterocycles. The molecule has 0 saturated heterocycles. The monoisotopic (exact) mass is 270 g/mol. The number of benzene rings is 1. The van der Waals surface area contributed by atoms with Crippen LogP contribution in [0, 0.1) is 11.3 Å². The third-order valence-electron chi connectivity index (χ3n) is 2.63. The number of aliphatic hydroxyl groups is 1.